The van der Waals surface area contributed by atoms with Crippen molar-refractivity contribution in [3.63, 3.8) is 0 Å². The molecule has 3 atom stereocenters. The number of aliphatic hydroxyl groups is 1. The second-order valence-corrected chi connectivity index (χ2v) is 6.89. The molecule has 23 heavy (non-hydrogen) atoms. The molecule has 0 bridgehead atoms. The quantitative estimate of drug-likeness (QED) is 0.223. The van der Waals surface area contributed by atoms with Crippen molar-refractivity contribution in [1.82, 2.24) is 25.2 Å². The van der Waals surface area contributed by atoms with Crippen LogP contribution in [0.2, 0.25) is 0 Å². The molecule has 2 aliphatic heterocycles. The van der Waals surface area contributed by atoms with Gasteiger partial charge >= 0.3 is 29.6 Å². The Bertz CT molecular complexity index is 680. The van der Waals surface area contributed by atoms with E-state index >= 15 is 0 Å². The smallest absolute Gasteiger partial charge is 0.543 e. The summed E-state index contributed by atoms with van der Waals surface area (Å²) in [6.45, 7) is 1.51. The number of rotatable bonds is 5. The van der Waals surface area contributed by atoms with Gasteiger partial charge < -0.3 is 20.9 Å². The Hall–Kier alpha value is -0.790. The van der Waals surface area contributed by atoms with E-state index in [0.29, 0.717) is 10.1 Å². The number of hydrogen-bond donors (Lipinski definition) is 2. The normalized spacial score (nSPS) is 24.1. The van der Waals surface area contributed by atoms with Crippen molar-refractivity contribution < 1.29 is 49.4 Å². The van der Waals surface area contributed by atoms with Crippen LogP contribution in [-0.2, 0) is 9.59 Å². The predicted octanol–water partition coefficient (Wildman–Crippen LogP) is -5.64. The number of nitrogens with zero attached hydrogens (tertiary/aromatic N) is 5. The first-order valence-electron chi connectivity index (χ1n) is 6.20. The first-order chi connectivity index (χ1) is 10.4. The van der Waals surface area contributed by atoms with Gasteiger partial charge in [-0.15, -0.1) is 16.6 Å². The minimum atomic E-state index is -1.42. The third-order valence-corrected chi connectivity index (χ3v) is 5.87. The standard InChI is InChI=1S/C10H12N6O4S2.Na/c1-3(17)5-7(18)15-6(9(19)20)4(22-8(5)15)2-21-10-12-13-14-16(10)11;/h3,5,8,17H,2,11H2,1H3,(H,19,20);/q;+1/p-1/t3-,5?,8-;/m1./s1. The van der Waals surface area contributed by atoms with Crippen LogP contribution in [0.3, 0.4) is 0 Å². The first-order valence-corrected chi connectivity index (χ1v) is 8.07. The van der Waals surface area contributed by atoms with Gasteiger partial charge in [-0.1, -0.05) is 16.9 Å². The van der Waals surface area contributed by atoms with Crippen molar-refractivity contribution in [1.29, 1.82) is 0 Å². The van der Waals surface area contributed by atoms with Gasteiger partial charge in [0, 0.05) is 10.7 Å². The van der Waals surface area contributed by atoms with Gasteiger partial charge in [0.15, 0.2) is 0 Å². The second kappa shape index (κ2) is 6.99. The minimum Gasteiger partial charge on any atom is -0.543 e. The van der Waals surface area contributed by atoms with Crippen molar-refractivity contribution >= 4 is 35.4 Å². The summed E-state index contributed by atoms with van der Waals surface area (Å²) in [5.41, 5.74) is -0.152. The summed E-state index contributed by atoms with van der Waals surface area (Å²) in [7, 11) is 0. The molecule has 1 aromatic rings. The molecule has 13 heteroatoms. The maximum Gasteiger partial charge on any atom is 1.00 e. The monoisotopic (exact) mass is 366 g/mol. The molecule has 3 heterocycles. The molecular weight excluding hydrogens is 355 g/mol. The average Bonchev–Trinajstić information content (AvgIpc) is 2.97. The van der Waals surface area contributed by atoms with Gasteiger partial charge in [0.25, 0.3) is 0 Å². The maximum atomic E-state index is 12.0. The molecule has 0 spiro atoms. The summed E-state index contributed by atoms with van der Waals surface area (Å²) < 4.78 is 0. The molecule has 1 unspecified atom stereocenters. The molecule has 10 nitrogen and oxygen atoms in total. The molecule has 3 N–H and O–H groups in total. The summed E-state index contributed by atoms with van der Waals surface area (Å²) in [6, 6.07) is 0. The molecule has 0 saturated carbocycles. The number of hydrogen-bond acceptors (Lipinski definition) is 10. The molecule has 1 saturated heterocycles. The van der Waals surface area contributed by atoms with Crippen LogP contribution in [0, 0.1) is 5.92 Å². The topological polar surface area (TPSA) is 150 Å². The molecule has 1 fully saturated rings. The second-order valence-electron chi connectivity index (χ2n) is 4.74. The van der Waals surface area contributed by atoms with Gasteiger partial charge in [0.2, 0.25) is 11.1 Å². The van der Waals surface area contributed by atoms with E-state index in [4.69, 9.17) is 5.84 Å². The number of carbonyl (C=O) groups is 2. The van der Waals surface area contributed by atoms with Crippen LogP contribution in [0.1, 0.15) is 6.92 Å². The third kappa shape index (κ3) is 3.10. The molecule has 0 aromatic carbocycles. The Labute approximate surface area is 161 Å². The van der Waals surface area contributed by atoms with Crippen molar-refractivity contribution in [2.45, 2.75) is 23.6 Å². The number of thioether (sulfide) groups is 2. The zero-order valence-electron chi connectivity index (χ0n) is 12.2. The predicted molar refractivity (Wildman–Crippen MR) is 74.1 cm³/mol. The molecule has 1 amide bonds. The molecule has 118 valence electrons. The number of fused-ring (bicyclic) bond motifs is 1. The molecular formula is C10H11N6NaO4S2. The van der Waals surface area contributed by atoms with E-state index in [-0.39, 0.29) is 41.0 Å². The summed E-state index contributed by atoms with van der Waals surface area (Å²) in [4.78, 5) is 25.9. The van der Waals surface area contributed by atoms with Crippen LogP contribution in [0.15, 0.2) is 15.8 Å². The SMILES string of the molecule is C[C@@H](O)C1C(=O)N2C(C(=O)[O-])=C(CSc3nnnn3N)S[C@H]12.[Na+]. The van der Waals surface area contributed by atoms with E-state index in [1.165, 1.54) is 23.6 Å². The van der Waals surface area contributed by atoms with E-state index in [2.05, 4.69) is 15.5 Å². The van der Waals surface area contributed by atoms with E-state index in [0.717, 1.165) is 16.6 Å². The van der Waals surface area contributed by atoms with Gasteiger partial charge in [0.1, 0.15) is 5.37 Å². The van der Waals surface area contributed by atoms with E-state index < -0.39 is 29.3 Å². The number of aliphatic hydroxyl groups excluding tert-OH is 1. The van der Waals surface area contributed by atoms with Gasteiger partial charge in [-0.3, -0.25) is 9.69 Å². The molecule has 2 aliphatic rings. The number of carboxylic acid groups (broad SMARTS) is 1. The van der Waals surface area contributed by atoms with E-state index in [1.54, 1.807) is 0 Å². The summed E-state index contributed by atoms with van der Waals surface area (Å²) in [5, 5.41) is 31.4. The van der Waals surface area contributed by atoms with Gasteiger partial charge in [0.05, 0.1) is 23.7 Å². The number of nitrogens with two attached hydrogens (primary N) is 1. The Morgan fingerprint density at radius 2 is 2.30 bits per heavy atom. The molecule has 0 radical (unpaired) electrons. The third-order valence-electron chi connectivity index (χ3n) is 3.36. The zero-order chi connectivity index (χ0) is 16.0. The maximum absolute atomic E-state index is 12.0. The van der Waals surface area contributed by atoms with Crippen LogP contribution in [-0.4, -0.2) is 59.4 Å². The Kier molecular flexibility index (Phi) is 5.63. The van der Waals surface area contributed by atoms with E-state index in [9.17, 15) is 19.8 Å². The number of nitrogen functional groups attached to an aromatic ring is 1. The minimum absolute atomic E-state index is 0. The van der Waals surface area contributed by atoms with Gasteiger partial charge in [-0.25, -0.2) is 0 Å². The Balaban J connectivity index is 0.00000192. The number of tetrazole rings is 1. The number of aliphatic carboxylic acids is 1. The number of carboxylic acids is 1. The van der Waals surface area contributed by atoms with Gasteiger partial charge in [-0.05, 0) is 17.4 Å². The van der Waals surface area contributed by atoms with Crippen molar-refractivity contribution in [3.8, 4) is 0 Å². The van der Waals surface area contributed by atoms with Crippen LogP contribution < -0.4 is 40.5 Å². The first kappa shape index (κ1) is 18.5. The van der Waals surface area contributed by atoms with Crippen LogP contribution >= 0.6 is 23.5 Å². The summed E-state index contributed by atoms with van der Waals surface area (Å²) >= 11 is 2.38. The summed E-state index contributed by atoms with van der Waals surface area (Å²) in [6.07, 6.45) is -0.840. The van der Waals surface area contributed by atoms with Gasteiger partial charge in [-0.2, -0.15) is 0 Å². The summed E-state index contributed by atoms with van der Waals surface area (Å²) in [5.74, 6) is 3.28. The van der Waals surface area contributed by atoms with Crippen LogP contribution in [0.25, 0.3) is 0 Å². The molecule has 0 aliphatic carbocycles. The number of aromatic nitrogens is 4. The van der Waals surface area contributed by atoms with Crippen molar-refractivity contribution in [2.75, 3.05) is 11.6 Å². The number of β-lactam (4-membered cyclic amide) rings is 1. The van der Waals surface area contributed by atoms with E-state index in [1.807, 2.05) is 0 Å². The van der Waals surface area contributed by atoms with Crippen LogP contribution in [0.5, 0.6) is 0 Å². The molecule has 1 aromatic heterocycles. The fraction of sp³-hybridized carbons (Fsp3) is 0.500. The number of amides is 1. The molecule has 3 rings (SSSR count). The largest absolute Gasteiger partial charge is 1.00 e. The van der Waals surface area contributed by atoms with Crippen LogP contribution in [0.4, 0.5) is 0 Å². The Morgan fingerprint density at radius 3 is 2.83 bits per heavy atom. The van der Waals surface area contributed by atoms with Crippen molar-refractivity contribution in [3.05, 3.63) is 10.6 Å². The Morgan fingerprint density at radius 1 is 1.61 bits per heavy atom. The fourth-order valence-electron chi connectivity index (χ4n) is 2.36. The fourth-order valence-corrected chi connectivity index (χ4v) is 4.85. The number of carbonyl (C=O) groups excluding carboxylic acids is 2. The zero-order valence-corrected chi connectivity index (χ0v) is 15.9. The average molecular weight is 366 g/mol. The van der Waals surface area contributed by atoms with Crippen molar-refractivity contribution in [2.24, 2.45) is 5.92 Å².